The third-order valence-corrected chi connectivity index (χ3v) is 6.40. The number of anilines is 1. The fourth-order valence-electron chi connectivity index (χ4n) is 3.79. The van der Waals surface area contributed by atoms with E-state index in [1.54, 1.807) is 15.6 Å². The maximum absolute atomic E-state index is 14.3. The molecule has 3 aromatic rings. The number of morpholine rings is 1. The molecule has 0 spiro atoms. The van der Waals surface area contributed by atoms with Crippen molar-refractivity contribution in [2.45, 2.75) is 33.2 Å². The Morgan fingerprint density at radius 3 is 2.75 bits per heavy atom. The van der Waals surface area contributed by atoms with Crippen molar-refractivity contribution in [3.63, 3.8) is 0 Å². The number of carbonyl (C=O) groups is 1. The number of benzene rings is 1. The largest absolute Gasteiger partial charge is 0.379 e. The van der Waals surface area contributed by atoms with Crippen LogP contribution in [0.15, 0.2) is 24.3 Å². The molecule has 2 aromatic heterocycles. The van der Waals surface area contributed by atoms with E-state index in [4.69, 9.17) is 4.74 Å². The molecule has 10 heteroatoms. The SMILES string of the molecule is Cc1cc(C(=O)N(CCCN2CCOCC2)c2nc3c(F)cccc3s2)n(C(C)C)n1.Cl. The lowest BCUT2D eigenvalue weighted by atomic mass is 10.2. The number of hydrogen-bond donors (Lipinski definition) is 0. The van der Waals surface area contributed by atoms with Gasteiger partial charge in [0, 0.05) is 32.2 Å². The van der Waals surface area contributed by atoms with Gasteiger partial charge in [-0.3, -0.25) is 19.3 Å². The van der Waals surface area contributed by atoms with Gasteiger partial charge in [0.15, 0.2) is 5.13 Å². The summed E-state index contributed by atoms with van der Waals surface area (Å²) in [5, 5.41) is 5.00. The summed E-state index contributed by atoms with van der Waals surface area (Å²) in [6, 6.07) is 6.76. The van der Waals surface area contributed by atoms with Crippen molar-refractivity contribution in [1.82, 2.24) is 19.7 Å². The molecular weight excluding hydrogens is 453 g/mol. The highest BCUT2D eigenvalue weighted by atomic mass is 35.5. The molecule has 1 aliphatic heterocycles. The lowest BCUT2D eigenvalue weighted by molar-refractivity contribution is 0.0376. The molecule has 3 heterocycles. The summed E-state index contributed by atoms with van der Waals surface area (Å²) in [4.78, 5) is 22.1. The molecule has 0 unspecified atom stereocenters. The molecule has 174 valence electrons. The zero-order valence-electron chi connectivity index (χ0n) is 18.6. The normalized spacial score (nSPS) is 14.7. The van der Waals surface area contributed by atoms with E-state index in [-0.39, 0.29) is 30.2 Å². The second kappa shape index (κ2) is 10.7. The standard InChI is InChI=1S/C22H28FN5O2S.ClH/c1-15(2)28-18(14-16(3)25-28)21(29)27(9-5-8-26-10-12-30-13-11-26)22-24-20-17(23)6-4-7-19(20)31-22;/h4,6-7,14-15H,5,8-13H2,1-3H3;1H. The van der Waals surface area contributed by atoms with Crippen LogP contribution in [0.5, 0.6) is 0 Å². The zero-order chi connectivity index (χ0) is 22.0. The fraction of sp³-hybridized carbons (Fsp3) is 0.500. The molecule has 0 saturated carbocycles. The maximum Gasteiger partial charge on any atom is 0.278 e. The van der Waals surface area contributed by atoms with E-state index in [1.807, 2.05) is 32.9 Å². The van der Waals surface area contributed by atoms with Gasteiger partial charge in [0.05, 0.1) is 23.6 Å². The minimum atomic E-state index is -0.371. The second-order valence-electron chi connectivity index (χ2n) is 8.06. The highest BCUT2D eigenvalue weighted by Crippen LogP contribution is 2.31. The van der Waals surface area contributed by atoms with Crippen LogP contribution < -0.4 is 4.90 Å². The first-order chi connectivity index (χ1) is 14.9. The lowest BCUT2D eigenvalue weighted by Crippen LogP contribution is -2.39. The van der Waals surface area contributed by atoms with Crippen LogP contribution in [0.1, 0.15) is 42.5 Å². The number of fused-ring (bicyclic) bond motifs is 1. The van der Waals surface area contributed by atoms with E-state index in [9.17, 15) is 9.18 Å². The average molecular weight is 482 g/mol. The van der Waals surface area contributed by atoms with Crippen molar-refractivity contribution >= 4 is 45.0 Å². The number of halogens is 2. The molecule has 32 heavy (non-hydrogen) atoms. The Morgan fingerprint density at radius 1 is 1.31 bits per heavy atom. The number of nitrogens with zero attached hydrogens (tertiary/aromatic N) is 5. The Hall–Kier alpha value is -2.07. The number of para-hydroxylation sites is 1. The minimum absolute atomic E-state index is 0. The summed E-state index contributed by atoms with van der Waals surface area (Å²) < 4.78 is 22.2. The van der Waals surface area contributed by atoms with Crippen LogP contribution in [0, 0.1) is 12.7 Å². The van der Waals surface area contributed by atoms with Crippen LogP contribution in [0.2, 0.25) is 0 Å². The average Bonchev–Trinajstić information content (AvgIpc) is 3.36. The van der Waals surface area contributed by atoms with Crippen LogP contribution in [0.4, 0.5) is 9.52 Å². The Morgan fingerprint density at radius 2 is 2.06 bits per heavy atom. The Balaban J connectivity index is 0.00000289. The Bertz CT molecular complexity index is 1060. The molecule has 0 N–H and O–H groups in total. The second-order valence-corrected chi connectivity index (χ2v) is 9.07. The van der Waals surface area contributed by atoms with Crippen molar-refractivity contribution in [3.8, 4) is 0 Å². The van der Waals surface area contributed by atoms with E-state index in [1.165, 1.54) is 17.4 Å². The summed E-state index contributed by atoms with van der Waals surface area (Å²) in [5.41, 5.74) is 1.63. The first-order valence-electron chi connectivity index (χ1n) is 10.7. The molecule has 0 bridgehead atoms. The van der Waals surface area contributed by atoms with Gasteiger partial charge in [-0.25, -0.2) is 9.37 Å². The Kier molecular flexibility index (Phi) is 8.21. The maximum atomic E-state index is 14.3. The molecule has 4 rings (SSSR count). The molecule has 1 saturated heterocycles. The van der Waals surface area contributed by atoms with E-state index in [2.05, 4.69) is 15.0 Å². The van der Waals surface area contributed by atoms with Gasteiger partial charge in [0.1, 0.15) is 17.0 Å². The van der Waals surface area contributed by atoms with Gasteiger partial charge in [0.2, 0.25) is 0 Å². The minimum Gasteiger partial charge on any atom is -0.379 e. The number of rotatable bonds is 7. The molecule has 0 radical (unpaired) electrons. The van der Waals surface area contributed by atoms with Gasteiger partial charge in [0.25, 0.3) is 5.91 Å². The van der Waals surface area contributed by atoms with E-state index >= 15 is 0 Å². The number of ether oxygens (including phenoxy) is 1. The van der Waals surface area contributed by atoms with Crippen LogP contribution in [-0.4, -0.2) is 65.0 Å². The predicted octanol–water partition coefficient (Wildman–Crippen LogP) is 4.31. The molecule has 0 atom stereocenters. The monoisotopic (exact) mass is 481 g/mol. The van der Waals surface area contributed by atoms with E-state index in [0.29, 0.717) is 22.9 Å². The van der Waals surface area contributed by atoms with Crippen LogP contribution in [0.3, 0.4) is 0 Å². The predicted molar refractivity (Wildman–Crippen MR) is 128 cm³/mol. The van der Waals surface area contributed by atoms with Crippen LogP contribution >= 0.6 is 23.7 Å². The number of hydrogen-bond acceptors (Lipinski definition) is 6. The molecular formula is C22H29ClFN5O2S. The molecule has 1 fully saturated rings. The zero-order valence-corrected chi connectivity index (χ0v) is 20.2. The third-order valence-electron chi connectivity index (χ3n) is 5.36. The molecule has 0 aliphatic carbocycles. The fourth-order valence-corrected chi connectivity index (χ4v) is 4.79. The Labute approximate surface area is 197 Å². The van der Waals surface area contributed by atoms with Gasteiger partial charge < -0.3 is 4.74 Å². The highest BCUT2D eigenvalue weighted by Gasteiger charge is 2.26. The van der Waals surface area contributed by atoms with E-state index < -0.39 is 0 Å². The van der Waals surface area contributed by atoms with Crippen molar-refractivity contribution in [2.24, 2.45) is 0 Å². The first kappa shape index (κ1) is 24.6. The number of aromatic nitrogens is 3. The smallest absolute Gasteiger partial charge is 0.278 e. The molecule has 7 nitrogen and oxygen atoms in total. The number of carbonyl (C=O) groups excluding carboxylic acids is 1. The number of thiazole rings is 1. The van der Waals surface area contributed by atoms with Crippen molar-refractivity contribution in [2.75, 3.05) is 44.3 Å². The summed E-state index contributed by atoms with van der Waals surface area (Å²) in [6.45, 7) is 10.5. The van der Waals surface area contributed by atoms with Gasteiger partial charge in [-0.05, 0) is 45.4 Å². The summed E-state index contributed by atoms with van der Waals surface area (Å²) in [6.07, 6.45) is 0.791. The molecule has 1 amide bonds. The van der Waals surface area contributed by atoms with Gasteiger partial charge >= 0.3 is 0 Å². The summed E-state index contributed by atoms with van der Waals surface area (Å²) in [7, 11) is 0. The quantitative estimate of drug-likeness (QED) is 0.503. The van der Waals surface area contributed by atoms with Gasteiger partial charge in [-0.1, -0.05) is 17.4 Å². The van der Waals surface area contributed by atoms with Crippen LogP contribution in [0.25, 0.3) is 10.2 Å². The highest BCUT2D eigenvalue weighted by molar-refractivity contribution is 7.22. The number of aryl methyl sites for hydroxylation is 1. The van der Waals surface area contributed by atoms with Crippen molar-refractivity contribution in [3.05, 3.63) is 41.5 Å². The lowest BCUT2D eigenvalue weighted by Gasteiger charge is -2.28. The van der Waals surface area contributed by atoms with Gasteiger partial charge in [-0.15, -0.1) is 12.4 Å². The van der Waals surface area contributed by atoms with Crippen LogP contribution in [-0.2, 0) is 4.74 Å². The van der Waals surface area contributed by atoms with Crippen molar-refractivity contribution < 1.29 is 13.9 Å². The van der Waals surface area contributed by atoms with E-state index in [0.717, 1.165) is 49.7 Å². The molecule has 1 aromatic carbocycles. The number of amides is 1. The summed E-state index contributed by atoms with van der Waals surface area (Å²) >= 11 is 1.34. The third kappa shape index (κ3) is 5.28. The van der Waals surface area contributed by atoms with Gasteiger partial charge in [-0.2, -0.15) is 5.10 Å². The summed E-state index contributed by atoms with van der Waals surface area (Å²) in [5.74, 6) is -0.528. The topological polar surface area (TPSA) is 63.5 Å². The van der Waals surface area contributed by atoms with Crippen molar-refractivity contribution in [1.29, 1.82) is 0 Å². The first-order valence-corrected chi connectivity index (χ1v) is 11.5. The molecule has 1 aliphatic rings.